The van der Waals surface area contributed by atoms with Crippen LogP contribution in [0.1, 0.15) is 35.2 Å². The lowest BCUT2D eigenvalue weighted by Crippen LogP contribution is -2.37. The fraction of sp³-hybridized carbons (Fsp3) is 0.476. The lowest BCUT2D eigenvalue weighted by Gasteiger charge is -2.13. The zero-order valence-corrected chi connectivity index (χ0v) is 16.9. The largest absolute Gasteiger partial charge is 0.376 e. The van der Waals surface area contributed by atoms with Crippen molar-refractivity contribution in [3.05, 3.63) is 53.9 Å². The third kappa shape index (κ3) is 6.90. The van der Waals surface area contributed by atoms with E-state index < -0.39 is 0 Å². The highest BCUT2D eigenvalue weighted by atomic mass is 16.5. The molecule has 1 aliphatic heterocycles. The molecule has 1 aliphatic rings. The normalized spacial score (nSPS) is 16.6. The summed E-state index contributed by atoms with van der Waals surface area (Å²) in [5, 5.41) is 13.7. The highest BCUT2D eigenvalue weighted by molar-refractivity contribution is 5.94. The minimum atomic E-state index is -0.0662. The predicted molar refractivity (Wildman–Crippen MR) is 113 cm³/mol. The van der Waals surface area contributed by atoms with Gasteiger partial charge in [0.05, 0.1) is 6.10 Å². The number of carbonyl (C=O) groups is 1. The first-order valence-electron chi connectivity index (χ1n) is 10.2. The first kappa shape index (κ1) is 20.9. The van der Waals surface area contributed by atoms with Gasteiger partial charge in [-0.2, -0.15) is 5.10 Å². The van der Waals surface area contributed by atoms with Crippen LogP contribution >= 0.6 is 0 Å². The predicted octanol–water partition coefficient (Wildman–Crippen LogP) is 1.55. The number of aliphatic imine (C=N–C) groups is 1. The van der Waals surface area contributed by atoms with Crippen LogP contribution in [0, 0.1) is 0 Å². The first-order chi connectivity index (χ1) is 14.2. The molecule has 0 saturated carbocycles. The van der Waals surface area contributed by atoms with E-state index in [0.29, 0.717) is 18.7 Å². The van der Waals surface area contributed by atoms with Gasteiger partial charge in [0.25, 0.3) is 5.91 Å². The van der Waals surface area contributed by atoms with E-state index in [2.05, 4.69) is 26.0 Å². The molecule has 1 atom stereocenters. The number of rotatable bonds is 9. The second kappa shape index (κ2) is 11.2. The van der Waals surface area contributed by atoms with Gasteiger partial charge < -0.3 is 20.7 Å². The van der Waals surface area contributed by atoms with E-state index >= 15 is 0 Å². The number of hydrogen-bond donors (Lipinski definition) is 3. The van der Waals surface area contributed by atoms with Crippen LogP contribution in [0.4, 0.5) is 0 Å². The number of benzene rings is 1. The average molecular weight is 399 g/mol. The van der Waals surface area contributed by atoms with Gasteiger partial charge in [0.1, 0.15) is 0 Å². The van der Waals surface area contributed by atoms with E-state index in [1.807, 2.05) is 41.2 Å². The van der Waals surface area contributed by atoms with Crippen molar-refractivity contribution in [2.45, 2.75) is 38.5 Å². The fourth-order valence-corrected chi connectivity index (χ4v) is 3.22. The molecule has 0 bridgehead atoms. The number of ether oxygens (including phenoxy) is 1. The minimum Gasteiger partial charge on any atom is -0.376 e. The van der Waals surface area contributed by atoms with Gasteiger partial charge in [-0.05, 0) is 43.0 Å². The van der Waals surface area contributed by atoms with Crippen LogP contribution in [0.5, 0.6) is 0 Å². The zero-order chi connectivity index (χ0) is 20.3. The van der Waals surface area contributed by atoms with Gasteiger partial charge >= 0.3 is 0 Å². The molecule has 3 N–H and O–H groups in total. The van der Waals surface area contributed by atoms with E-state index in [1.165, 1.54) is 0 Å². The third-order valence-corrected chi connectivity index (χ3v) is 4.80. The van der Waals surface area contributed by atoms with Gasteiger partial charge in [-0.1, -0.05) is 12.1 Å². The second-order valence-electron chi connectivity index (χ2n) is 7.02. The molecule has 1 aromatic heterocycles. The molecule has 1 fully saturated rings. The summed E-state index contributed by atoms with van der Waals surface area (Å²) in [6.07, 6.45) is 6.91. The van der Waals surface area contributed by atoms with Crippen molar-refractivity contribution in [1.29, 1.82) is 0 Å². The second-order valence-corrected chi connectivity index (χ2v) is 7.02. The van der Waals surface area contributed by atoms with Gasteiger partial charge in [0.15, 0.2) is 5.96 Å². The van der Waals surface area contributed by atoms with Crippen LogP contribution in [0.15, 0.2) is 47.7 Å². The molecule has 29 heavy (non-hydrogen) atoms. The monoisotopic (exact) mass is 398 g/mol. The van der Waals surface area contributed by atoms with Crippen LogP contribution in [0.3, 0.4) is 0 Å². The molecule has 8 nitrogen and oxygen atoms in total. The van der Waals surface area contributed by atoms with E-state index in [0.717, 1.165) is 50.5 Å². The summed E-state index contributed by atoms with van der Waals surface area (Å²) in [5.74, 6) is 0.669. The summed E-state index contributed by atoms with van der Waals surface area (Å²) in [6.45, 7) is 3.60. The number of carbonyl (C=O) groups excluding carboxylic acids is 1. The van der Waals surface area contributed by atoms with Crippen LogP contribution in [-0.2, 0) is 17.8 Å². The van der Waals surface area contributed by atoms with Crippen molar-refractivity contribution < 1.29 is 9.53 Å². The summed E-state index contributed by atoms with van der Waals surface area (Å²) in [5.41, 5.74) is 1.68. The van der Waals surface area contributed by atoms with Crippen LogP contribution in [0.2, 0.25) is 0 Å². The number of amides is 1. The maximum Gasteiger partial charge on any atom is 0.251 e. The maximum absolute atomic E-state index is 12.4. The molecule has 0 spiro atoms. The Hall–Kier alpha value is -2.87. The van der Waals surface area contributed by atoms with Crippen molar-refractivity contribution in [3.63, 3.8) is 0 Å². The Kier molecular flexibility index (Phi) is 8.06. The number of guanidine groups is 1. The number of aryl methyl sites for hydroxylation is 1. The molecule has 1 unspecified atom stereocenters. The van der Waals surface area contributed by atoms with Gasteiger partial charge in [0, 0.05) is 57.8 Å². The highest BCUT2D eigenvalue weighted by Crippen LogP contribution is 2.11. The Bertz CT molecular complexity index is 784. The Balaban J connectivity index is 1.40. The van der Waals surface area contributed by atoms with E-state index in [4.69, 9.17) is 4.74 Å². The van der Waals surface area contributed by atoms with Crippen molar-refractivity contribution >= 4 is 11.9 Å². The SMILES string of the molecule is CN=C(NCCCn1cccn1)NCc1cccc(C(=O)NCC2CCCO2)c1. The molecule has 2 heterocycles. The van der Waals surface area contributed by atoms with Crippen LogP contribution < -0.4 is 16.0 Å². The summed E-state index contributed by atoms with van der Waals surface area (Å²) < 4.78 is 7.46. The average Bonchev–Trinajstić information content (AvgIpc) is 3.46. The Morgan fingerprint density at radius 2 is 2.24 bits per heavy atom. The zero-order valence-electron chi connectivity index (χ0n) is 16.9. The lowest BCUT2D eigenvalue weighted by atomic mass is 10.1. The molecule has 0 aliphatic carbocycles. The summed E-state index contributed by atoms with van der Waals surface area (Å²) in [6, 6.07) is 9.55. The molecule has 3 rings (SSSR count). The number of nitrogens with zero attached hydrogens (tertiary/aromatic N) is 3. The van der Waals surface area contributed by atoms with Gasteiger partial charge in [-0.15, -0.1) is 0 Å². The van der Waals surface area contributed by atoms with Crippen molar-refractivity contribution in [1.82, 2.24) is 25.7 Å². The van der Waals surface area contributed by atoms with Crippen molar-refractivity contribution in [2.75, 3.05) is 26.7 Å². The molecule has 1 saturated heterocycles. The quantitative estimate of drug-likeness (QED) is 0.339. The van der Waals surface area contributed by atoms with Gasteiger partial charge in [0.2, 0.25) is 0 Å². The Labute approximate surface area is 171 Å². The summed E-state index contributed by atoms with van der Waals surface area (Å²) in [4.78, 5) is 16.6. The van der Waals surface area contributed by atoms with E-state index in [1.54, 1.807) is 13.2 Å². The Morgan fingerprint density at radius 1 is 1.31 bits per heavy atom. The van der Waals surface area contributed by atoms with Gasteiger partial charge in [-0.25, -0.2) is 0 Å². The number of aromatic nitrogens is 2. The third-order valence-electron chi connectivity index (χ3n) is 4.80. The molecule has 1 amide bonds. The number of hydrogen-bond acceptors (Lipinski definition) is 4. The Morgan fingerprint density at radius 3 is 3.00 bits per heavy atom. The molecule has 1 aromatic carbocycles. The van der Waals surface area contributed by atoms with E-state index in [9.17, 15) is 4.79 Å². The van der Waals surface area contributed by atoms with Gasteiger partial charge in [-0.3, -0.25) is 14.5 Å². The topological polar surface area (TPSA) is 92.6 Å². The van der Waals surface area contributed by atoms with Crippen molar-refractivity contribution in [2.24, 2.45) is 4.99 Å². The lowest BCUT2D eigenvalue weighted by molar-refractivity contribution is 0.0857. The molecule has 8 heteroatoms. The summed E-state index contributed by atoms with van der Waals surface area (Å²) >= 11 is 0. The maximum atomic E-state index is 12.4. The van der Waals surface area contributed by atoms with Crippen LogP contribution in [0.25, 0.3) is 0 Å². The highest BCUT2D eigenvalue weighted by Gasteiger charge is 2.16. The molecule has 2 aromatic rings. The molecular weight excluding hydrogens is 368 g/mol. The molecular formula is C21H30N6O2. The van der Waals surface area contributed by atoms with Crippen LogP contribution in [-0.4, -0.2) is 54.5 Å². The van der Waals surface area contributed by atoms with E-state index in [-0.39, 0.29) is 12.0 Å². The van der Waals surface area contributed by atoms with Crippen molar-refractivity contribution in [3.8, 4) is 0 Å². The smallest absolute Gasteiger partial charge is 0.251 e. The summed E-state index contributed by atoms with van der Waals surface area (Å²) in [7, 11) is 1.75. The molecule has 0 radical (unpaired) electrons. The minimum absolute atomic E-state index is 0.0662. The first-order valence-corrected chi connectivity index (χ1v) is 10.2. The number of nitrogens with one attached hydrogen (secondary N) is 3. The fourth-order valence-electron chi connectivity index (χ4n) is 3.22. The molecule has 156 valence electrons. The standard InChI is InChI=1S/C21H30N6O2/c1-22-21(23-9-4-11-27-12-5-10-26-27)25-15-17-6-2-7-18(14-17)20(28)24-16-19-8-3-13-29-19/h2,5-7,10,12,14,19H,3-4,8-9,11,13,15-16H2,1H3,(H,24,28)(H2,22,23,25).